The van der Waals surface area contributed by atoms with Gasteiger partial charge in [-0.15, -0.1) is 11.8 Å². The Hall–Kier alpha value is -5.92. The number of esters is 2. The van der Waals surface area contributed by atoms with E-state index in [1.165, 1.54) is 32.1 Å². The van der Waals surface area contributed by atoms with Crippen LogP contribution in [-0.2, 0) is 32.7 Å². The zero-order chi connectivity index (χ0) is 43.2. The first-order valence-electron chi connectivity index (χ1n) is 20.6. The maximum atomic E-state index is 14.9. The molecule has 0 amide bonds. The molecule has 14 nitrogen and oxygen atoms in total. The first kappa shape index (κ1) is 40.2. The van der Waals surface area contributed by atoms with E-state index in [0.717, 1.165) is 22.3 Å². The van der Waals surface area contributed by atoms with Crippen LogP contribution in [0, 0.1) is 25.2 Å². The van der Waals surface area contributed by atoms with Crippen molar-refractivity contribution < 1.29 is 48.2 Å². The van der Waals surface area contributed by atoms with Gasteiger partial charge in [-0.3, -0.25) is 15.1 Å². The van der Waals surface area contributed by atoms with E-state index in [4.69, 9.17) is 28.4 Å². The Labute approximate surface area is 362 Å². The minimum absolute atomic E-state index is 0.0311. The van der Waals surface area contributed by atoms with Crippen LogP contribution in [0.1, 0.15) is 67.4 Å². The van der Waals surface area contributed by atoms with Crippen LogP contribution < -0.4 is 29.0 Å². The van der Waals surface area contributed by atoms with Gasteiger partial charge in [0.25, 0.3) is 0 Å². The van der Waals surface area contributed by atoms with Crippen molar-refractivity contribution in [1.29, 1.82) is 5.26 Å². The summed E-state index contributed by atoms with van der Waals surface area (Å²) in [5.74, 6) is 0.722. The third-order valence-corrected chi connectivity index (χ3v) is 15.1. The number of nitrogens with one attached hydrogen (secondary N) is 1. The lowest BCUT2D eigenvalue weighted by Crippen LogP contribution is -2.69. The number of rotatable bonds is 5. The maximum absolute atomic E-state index is 14.9. The number of methoxy groups -OCH3 is 2. The summed E-state index contributed by atoms with van der Waals surface area (Å²) in [7, 11) is 4.99. The number of nitriles is 1. The molecule has 7 heterocycles. The van der Waals surface area contributed by atoms with E-state index in [1.807, 2.05) is 57.3 Å². The number of carbonyl (C=O) groups is 2. The summed E-state index contributed by atoms with van der Waals surface area (Å²) < 4.78 is 36.8. The van der Waals surface area contributed by atoms with E-state index in [-0.39, 0.29) is 42.4 Å². The molecule has 11 rings (SSSR count). The van der Waals surface area contributed by atoms with Crippen LogP contribution in [0.2, 0.25) is 0 Å². The van der Waals surface area contributed by atoms with Crippen molar-refractivity contribution in [2.45, 2.75) is 67.7 Å². The monoisotopic (exact) mass is 858 g/mol. The number of benzene rings is 4. The molecular weight excluding hydrogens is 813 g/mol. The molecule has 0 saturated carbocycles. The molecule has 4 aromatic rings. The van der Waals surface area contributed by atoms with Crippen LogP contribution in [-0.4, -0.2) is 97.0 Å². The third kappa shape index (κ3) is 5.87. The van der Waals surface area contributed by atoms with Gasteiger partial charge < -0.3 is 38.6 Å². The van der Waals surface area contributed by atoms with E-state index >= 15 is 0 Å². The first-order chi connectivity index (χ1) is 30.0. The van der Waals surface area contributed by atoms with Gasteiger partial charge >= 0.3 is 11.9 Å². The van der Waals surface area contributed by atoms with E-state index in [9.17, 15) is 25.1 Å². The predicted octanol–water partition coefficient (Wildman–Crippen LogP) is 5.68. The minimum Gasteiger partial charge on any atom is -0.504 e. The largest absolute Gasteiger partial charge is 0.504 e. The molecule has 3 N–H and O–H groups in total. The smallest absolute Gasteiger partial charge is 0.336 e. The molecule has 7 aliphatic heterocycles. The molecule has 7 atom stereocenters. The number of hydrogen-bond donors (Lipinski definition) is 3. The fourth-order valence-corrected chi connectivity index (χ4v) is 12.6. The van der Waals surface area contributed by atoms with Crippen LogP contribution in [0.5, 0.6) is 40.2 Å². The Morgan fingerprint density at radius 3 is 2.56 bits per heavy atom. The average molecular weight is 859 g/mol. The van der Waals surface area contributed by atoms with Crippen molar-refractivity contribution in [3.8, 4) is 46.3 Å². The summed E-state index contributed by atoms with van der Waals surface area (Å²) in [6.45, 7) is 3.87. The Balaban J connectivity index is 1.23. The number of fused-ring (bicyclic) bond motifs is 9. The molecular formula is C47H46N4O10S. The topological polar surface area (TPSA) is 172 Å². The van der Waals surface area contributed by atoms with Gasteiger partial charge in [0.05, 0.1) is 37.6 Å². The number of ether oxygens (including phenoxy) is 6. The molecule has 0 radical (unpaired) electrons. The van der Waals surface area contributed by atoms with E-state index < -0.39 is 46.9 Å². The number of piperazine rings is 1. The molecule has 15 heteroatoms. The standard InChI is InChI=1S/C47H46N4O10S/c1-23-15-27-16-29-30(19-48)51-31-20-58-46(55)47(28-18-33(56-4)32(52)17-26(28)13-14-49-47)21-62-45(39(51)38(50(29)3)35(27)40(54)41(23)57-5)37-36(31)44-43(59-22-60-44)24(2)42(37)61-34(53)12-11-25-9-7-6-8-10-25/h6-12,15,17-18,29-31,38-39,45,49,52,54H,13-14,16,20-22H2,1-5H3. The highest BCUT2D eigenvalue weighted by Gasteiger charge is 2.62. The van der Waals surface area contributed by atoms with Crippen molar-refractivity contribution in [3.05, 3.63) is 105 Å². The summed E-state index contributed by atoms with van der Waals surface area (Å²) in [4.78, 5) is 33.3. The average Bonchev–Trinajstić information content (AvgIpc) is 3.76. The highest BCUT2D eigenvalue weighted by atomic mass is 32.2. The number of hydrogen-bond acceptors (Lipinski definition) is 15. The summed E-state index contributed by atoms with van der Waals surface area (Å²) in [5.41, 5.74) is 5.06. The Bertz CT molecular complexity index is 2610. The van der Waals surface area contributed by atoms with Gasteiger partial charge in [-0.1, -0.05) is 36.4 Å². The number of aryl methyl sites for hydroxylation is 1. The molecule has 2 saturated heterocycles. The van der Waals surface area contributed by atoms with E-state index in [0.29, 0.717) is 70.2 Å². The second-order valence-electron chi connectivity index (χ2n) is 16.7. The molecule has 1 spiro atoms. The van der Waals surface area contributed by atoms with Crippen molar-refractivity contribution >= 4 is 29.8 Å². The second kappa shape index (κ2) is 15.2. The Morgan fingerprint density at radius 1 is 1.02 bits per heavy atom. The summed E-state index contributed by atoms with van der Waals surface area (Å²) >= 11 is 1.47. The Kier molecular flexibility index (Phi) is 9.82. The number of carbonyl (C=O) groups excluding carboxylic acids is 2. The van der Waals surface area contributed by atoms with Gasteiger partial charge in [-0.05, 0) is 79.8 Å². The van der Waals surface area contributed by atoms with Crippen LogP contribution in [0.4, 0.5) is 0 Å². The number of phenolic OH excluding ortho intramolecular Hbond substituents is 2. The third-order valence-electron chi connectivity index (χ3n) is 13.6. The fourth-order valence-electron chi connectivity index (χ4n) is 10.9. The van der Waals surface area contributed by atoms with E-state index in [2.05, 4.69) is 21.2 Å². The number of phenols is 2. The lowest BCUT2D eigenvalue weighted by molar-refractivity contribution is -0.157. The van der Waals surface area contributed by atoms with Crippen molar-refractivity contribution in [1.82, 2.24) is 15.1 Å². The van der Waals surface area contributed by atoms with Crippen LogP contribution in [0.25, 0.3) is 6.08 Å². The summed E-state index contributed by atoms with van der Waals surface area (Å²) in [5, 5.41) is 37.2. The normalized spacial score (nSPS) is 27.1. The number of likely N-dealkylation sites (N-methyl/N-ethyl adjacent to an activating group) is 1. The molecule has 4 aromatic carbocycles. The zero-order valence-corrected chi connectivity index (χ0v) is 35.7. The SMILES string of the molecule is COc1cc2c(cc1O)CCNC21CSC2c3c(OC(=O)C=Cc4ccccc4)c(C)c4c(c3C(COC1=O)N1C(C#N)C3Cc5cc(C)c(OC)c(O)c5C(C21)N3C)OCO4. The highest BCUT2D eigenvalue weighted by Crippen LogP contribution is 2.64. The van der Waals surface area contributed by atoms with E-state index in [1.54, 1.807) is 18.2 Å². The van der Waals surface area contributed by atoms with Gasteiger partial charge in [-0.25, -0.2) is 9.59 Å². The van der Waals surface area contributed by atoms with Gasteiger partial charge in [0, 0.05) is 52.7 Å². The van der Waals surface area contributed by atoms with Crippen LogP contribution >= 0.6 is 11.8 Å². The maximum Gasteiger partial charge on any atom is 0.336 e. The molecule has 62 heavy (non-hydrogen) atoms. The summed E-state index contributed by atoms with van der Waals surface area (Å²) in [6.07, 6.45) is 4.10. The molecule has 2 fully saturated rings. The number of nitrogens with zero attached hydrogens (tertiary/aromatic N) is 3. The quantitative estimate of drug-likeness (QED) is 0.127. The van der Waals surface area contributed by atoms with Crippen molar-refractivity contribution in [2.75, 3.05) is 47.0 Å². The van der Waals surface area contributed by atoms with Crippen molar-refractivity contribution in [3.63, 3.8) is 0 Å². The lowest BCUT2D eigenvalue weighted by atomic mass is 9.71. The molecule has 4 bridgehead atoms. The fraction of sp³-hybridized carbons (Fsp3) is 0.383. The number of thioether (sulfide) groups is 1. The Morgan fingerprint density at radius 2 is 1.81 bits per heavy atom. The van der Waals surface area contributed by atoms with Crippen LogP contribution in [0.3, 0.4) is 0 Å². The molecule has 0 aliphatic carbocycles. The second-order valence-corrected chi connectivity index (χ2v) is 17.8. The molecule has 7 aliphatic rings. The molecule has 7 unspecified atom stereocenters. The van der Waals surface area contributed by atoms with Crippen molar-refractivity contribution in [2.24, 2.45) is 0 Å². The van der Waals surface area contributed by atoms with Crippen LogP contribution in [0.15, 0.2) is 54.6 Å². The molecule has 320 valence electrons. The predicted molar refractivity (Wildman–Crippen MR) is 228 cm³/mol. The lowest BCUT2D eigenvalue weighted by Gasteiger charge is -2.62. The zero-order valence-electron chi connectivity index (χ0n) is 34.9. The molecule has 0 aromatic heterocycles. The van der Waals surface area contributed by atoms with Gasteiger partial charge in [0.15, 0.2) is 40.0 Å². The van der Waals surface area contributed by atoms with Gasteiger partial charge in [-0.2, -0.15) is 5.26 Å². The summed E-state index contributed by atoms with van der Waals surface area (Å²) in [6, 6.07) is 14.6. The van der Waals surface area contributed by atoms with Gasteiger partial charge in [0.2, 0.25) is 6.79 Å². The highest BCUT2D eigenvalue weighted by molar-refractivity contribution is 7.99. The minimum atomic E-state index is -1.40. The number of aromatic hydroxyl groups is 2. The van der Waals surface area contributed by atoms with Gasteiger partial charge in [0.1, 0.15) is 18.4 Å². The first-order valence-corrected chi connectivity index (χ1v) is 21.7.